The highest BCUT2D eigenvalue weighted by Crippen LogP contribution is 2.12. The predicted molar refractivity (Wildman–Crippen MR) is 88.5 cm³/mol. The zero-order chi connectivity index (χ0) is 16.7. The number of nitrogens with zero attached hydrogens (tertiary/aromatic N) is 2. The SMILES string of the molecule is COc1ccc(C(=O)/C=C/C(=O)N2CCN(CCN)CC2)cc1. The normalized spacial score (nSPS) is 15.8. The molecule has 6 heteroatoms. The largest absolute Gasteiger partial charge is 0.497 e. The highest BCUT2D eigenvalue weighted by molar-refractivity contribution is 6.07. The summed E-state index contributed by atoms with van der Waals surface area (Å²) in [5.74, 6) is 0.374. The van der Waals surface area contributed by atoms with Gasteiger partial charge in [-0.05, 0) is 30.3 Å². The van der Waals surface area contributed by atoms with Gasteiger partial charge in [-0.25, -0.2) is 0 Å². The highest BCUT2D eigenvalue weighted by Gasteiger charge is 2.19. The molecule has 1 aliphatic rings. The maximum absolute atomic E-state index is 12.1. The van der Waals surface area contributed by atoms with E-state index < -0.39 is 0 Å². The van der Waals surface area contributed by atoms with Crippen molar-refractivity contribution in [3.63, 3.8) is 0 Å². The topological polar surface area (TPSA) is 75.9 Å². The molecule has 1 saturated heterocycles. The Morgan fingerprint density at radius 1 is 1.13 bits per heavy atom. The van der Waals surface area contributed by atoms with E-state index in [4.69, 9.17) is 10.5 Å². The number of rotatable bonds is 6. The quantitative estimate of drug-likeness (QED) is 0.612. The summed E-state index contributed by atoms with van der Waals surface area (Å²) in [6.45, 7) is 4.46. The maximum atomic E-state index is 12.1. The summed E-state index contributed by atoms with van der Waals surface area (Å²) in [5, 5.41) is 0. The number of hydrogen-bond donors (Lipinski definition) is 1. The van der Waals surface area contributed by atoms with Gasteiger partial charge in [-0.1, -0.05) is 0 Å². The molecular weight excluding hydrogens is 294 g/mol. The van der Waals surface area contributed by atoms with E-state index >= 15 is 0 Å². The molecule has 1 aromatic carbocycles. The van der Waals surface area contributed by atoms with Crippen LogP contribution in [0.5, 0.6) is 5.75 Å². The van der Waals surface area contributed by atoms with Crippen LogP contribution in [0.1, 0.15) is 10.4 Å². The number of amides is 1. The molecule has 124 valence electrons. The Hall–Kier alpha value is -2.18. The Balaban J connectivity index is 1.86. The van der Waals surface area contributed by atoms with Gasteiger partial charge >= 0.3 is 0 Å². The van der Waals surface area contributed by atoms with E-state index in [1.165, 1.54) is 12.2 Å². The van der Waals surface area contributed by atoms with E-state index in [0.29, 0.717) is 30.9 Å². The fourth-order valence-electron chi connectivity index (χ4n) is 2.48. The molecule has 2 N–H and O–H groups in total. The van der Waals surface area contributed by atoms with Crippen LogP contribution in [0.2, 0.25) is 0 Å². The number of ether oxygens (including phenoxy) is 1. The molecule has 1 amide bonds. The minimum atomic E-state index is -0.192. The Bertz CT molecular complexity index is 561. The molecule has 0 atom stereocenters. The number of carbonyl (C=O) groups is 2. The van der Waals surface area contributed by atoms with Gasteiger partial charge in [-0.15, -0.1) is 0 Å². The standard InChI is InChI=1S/C17H23N3O3/c1-23-15-4-2-14(3-5-15)16(21)6-7-17(22)20-12-10-19(9-8-18)11-13-20/h2-7H,8-13,18H2,1H3/b7-6+. The summed E-state index contributed by atoms with van der Waals surface area (Å²) < 4.78 is 5.05. The van der Waals surface area contributed by atoms with E-state index in [1.807, 2.05) is 0 Å². The van der Waals surface area contributed by atoms with Crippen molar-refractivity contribution in [2.75, 3.05) is 46.4 Å². The van der Waals surface area contributed by atoms with Gasteiger partial charge in [0, 0.05) is 50.9 Å². The van der Waals surface area contributed by atoms with E-state index in [1.54, 1.807) is 36.3 Å². The molecule has 0 unspecified atom stereocenters. The highest BCUT2D eigenvalue weighted by atomic mass is 16.5. The molecule has 0 saturated carbocycles. The lowest BCUT2D eigenvalue weighted by atomic mass is 10.1. The van der Waals surface area contributed by atoms with E-state index in [0.717, 1.165) is 19.6 Å². The molecule has 0 bridgehead atoms. The lowest BCUT2D eigenvalue weighted by Crippen LogP contribution is -2.49. The molecule has 1 aromatic rings. The molecule has 1 fully saturated rings. The fraction of sp³-hybridized carbons (Fsp3) is 0.412. The Labute approximate surface area is 136 Å². The van der Waals surface area contributed by atoms with E-state index in [-0.39, 0.29) is 11.7 Å². The number of ketones is 1. The predicted octanol–water partition coefficient (Wildman–Crippen LogP) is 0.537. The molecule has 2 rings (SSSR count). The fourth-order valence-corrected chi connectivity index (χ4v) is 2.48. The molecular formula is C17H23N3O3. The third kappa shape index (κ3) is 4.91. The van der Waals surface area contributed by atoms with Crippen LogP contribution in [0.3, 0.4) is 0 Å². The van der Waals surface area contributed by atoms with Gasteiger partial charge in [0.15, 0.2) is 5.78 Å². The van der Waals surface area contributed by atoms with Gasteiger partial charge in [0.2, 0.25) is 5.91 Å². The monoisotopic (exact) mass is 317 g/mol. The Morgan fingerprint density at radius 3 is 2.35 bits per heavy atom. The summed E-state index contributed by atoms with van der Waals surface area (Å²) in [5.41, 5.74) is 6.06. The van der Waals surface area contributed by atoms with Crippen LogP contribution in [0, 0.1) is 0 Å². The van der Waals surface area contributed by atoms with Crippen molar-refractivity contribution in [2.45, 2.75) is 0 Å². The van der Waals surface area contributed by atoms with E-state index in [9.17, 15) is 9.59 Å². The second kappa shape index (κ2) is 8.45. The zero-order valence-electron chi connectivity index (χ0n) is 13.4. The molecule has 0 spiro atoms. The first-order chi connectivity index (χ1) is 11.1. The first-order valence-electron chi connectivity index (χ1n) is 7.72. The van der Waals surface area contributed by atoms with Crippen LogP contribution in [-0.2, 0) is 4.79 Å². The average Bonchev–Trinajstić information content (AvgIpc) is 2.60. The van der Waals surface area contributed by atoms with Crippen LogP contribution < -0.4 is 10.5 Å². The smallest absolute Gasteiger partial charge is 0.246 e. The third-order valence-corrected chi connectivity index (χ3v) is 3.88. The number of piperazine rings is 1. The molecule has 0 aromatic heterocycles. The number of hydrogen-bond acceptors (Lipinski definition) is 5. The van der Waals surface area contributed by atoms with Gasteiger partial charge in [0.25, 0.3) is 0 Å². The van der Waals surface area contributed by atoms with Crippen LogP contribution in [0.25, 0.3) is 0 Å². The Kier molecular flexibility index (Phi) is 6.31. The van der Waals surface area contributed by atoms with Crippen molar-refractivity contribution < 1.29 is 14.3 Å². The second-order valence-corrected chi connectivity index (χ2v) is 5.38. The van der Waals surface area contributed by atoms with Crippen molar-refractivity contribution in [1.29, 1.82) is 0 Å². The lowest BCUT2D eigenvalue weighted by molar-refractivity contribution is -0.127. The molecule has 1 heterocycles. The van der Waals surface area contributed by atoms with Gasteiger partial charge in [-0.2, -0.15) is 0 Å². The summed E-state index contributed by atoms with van der Waals surface area (Å²) in [4.78, 5) is 28.2. The summed E-state index contributed by atoms with van der Waals surface area (Å²) in [6.07, 6.45) is 2.68. The molecule has 0 radical (unpaired) electrons. The van der Waals surface area contributed by atoms with Crippen molar-refractivity contribution in [3.05, 3.63) is 42.0 Å². The minimum Gasteiger partial charge on any atom is -0.497 e. The summed E-state index contributed by atoms with van der Waals surface area (Å²) in [7, 11) is 1.57. The van der Waals surface area contributed by atoms with Gasteiger partial charge < -0.3 is 15.4 Å². The average molecular weight is 317 g/mol. The van der Waals surface area contributed by atoms with Crippen molar-refractivity contribution in [1.82, 2.24) is 9.80 Å². The van der Waals surface area contributed by atoms with Crippen LogP contribution in [-0.4, -0.2) is 67.9 Å². The number of carbonyl (C=O) groups excluding carboxylic acids is 2. The lowest BCUT2D eigenvalue weighted by Gasteiger charge is -2.33. The molecule has 0 aliphatic carbocycles. The number of nitrogens with two attached hydrogens (primary N) is 1. The van der Waals surface area contributed by atoms with Crippen molar-refractivity contribution >= 4 is 11.7 Å². The molecule has 6 nitrogen and oxygen atoms in total. The number of methoxy groups -OCH3 is 1. The van der Waals surface area contributed by atoms with Crippen LogP contribution in [0.15, 0.2) is 36.4 Å². The zero-order valence-corrected chi connectivity index (χ0v) is 13.4. The van der Waals surface area contributed by atoms with Crippen molar-refractivity contribution in [2.24, 2.45) is 5.73 Å². The molecule has 23 heavy (non-hydrogen) atoms. The van der Waals surface area contributed by atoms with Crippen molar-refractivity contribution in [3.8, 4) is 5.75 Å². The number of allylic oxidation sites excluding steroid dienone is 1. The van der Waals surface area contributed by atoms with Gasteiger partial charge in [-0.3, -0.25) is 14.5 Å². The van der Waals surface area contributed by atoms with Gasteiger partial charge in [0.05, 0.1) is 7.11 Å². The minimum absolute atomic E-state index is 0.126. The summed E-state index contributed by atoms with van der Waals surface area (Å²) >= 11 is 0. The second-order valence-electron chi connectivity index (χ2n) is 5.38. The molecule has 1 aliphatic heterocycles. The number of benzene rings is 1. The van der Waals surface area contributed by atoms with Crippen LogP contribution >= 0.6 is 0 Å². The summed E-state index contributed by atoms with van der Waals surface area (Å²) in [6, 6.07) is 6.81. The van der Waals surface area contributed by atoms with Gasteiger partial charge in [0.1, 0.15) is 5.75 Å². The third-order valence-electron chi connectivity index (χ3n) is 3.88. The maximum Gasteiger partial charge on any atom is 0.246 e. The van der Waals surface area contributed by atoms with Crippen LogP contribution in [0.4, 0.5) is 0 Å². The van der Waals surface area contributed by atoms with E-state index in [2.05, 4.69) is 4.90 Å². The Morgan fingerprint density at radius 2 is 1.78 bits per heavy atom. The first kappa shape index (κ1) is 17.2. The first-order valence-corrected chi connectivity index (χ1v) is 7.72.